The molecule has 0 atom stereocenters. The second-order valence-electron chi connectivity index (χ2n) is 4.18. The van der Waals surface area contributed by atoms with Gasteiger partial charge < -0.3 is 5.32 Å². The highest BCUT2D eigenvalue weighted by atomic mass is 32.2. The molecular formula is C10H18F3NS. The summed E-state index contributed by atoms with van der Waals surface area (Å²) in [6.07, 6.45) is 4.85. The van der Waals surface area contributed by atoms with Crippen LogP contribution in [0.5, 0.6) is 0 Å². The average molecular weight is 241 g/mol. The lowest BCUT2D eigenvalue weighted by Gasteiger charge is -2.41. The Morgan fingerprint density at radius 3 is 2.40 bits per heavy atom. The minimum Gasteiger partial charge on any atom is -0.315 e. The molecule has 0 bridgehead atoms. The molecule has 15 heavy (non-hydrogen) atoms. The van der Waals surface area contributed by atoms with Crippen LogP contribution in [0.1, 0.15) is 32.6 Å². The van der Waals surface area contributed by atoms with E-state index in [-0.39, 0.29) is 17.5 Å². The SMILES string of the molecule is CCC1(CNCCSC(F)(F)F)CCC1. The predicted molar refractivity (Wildman–Crippen MR) is 58.0 cm³/mol. The summed E-state index contributed by atoms with van der Waals surface area (Å²) in [6.45, 7) is 3.49. The highest BCUT2D eigenvalue weighted by Crippen LogP contribution is 2.43. The molecule has 0 unspecified atom stereocenters. The quantitative estimate of drug-likeness (QED) is 0.715. The van der Waals surface area contributed by atoms with E-state index in [4.69, 9.17) is 0 Å². The lowest BCUT2D eigenvalue weighted by molar-refractivity contribution is -0.0327. The van der Waals surface area contributed by atoms with Crippen LogP contribution in [0.15, 0.2) is 0 Å². The van der Waals surface area contributed by atoms with Gasteiger partial charge in [-0.2, -0.15) is 13.2 Å². The summed E-state index contributed by atoms with van der Waals surface area (Å²) in [5.41, 5.74) is -3.69. The molecule has 0 aliphatic heterocycles. The van der Waals surface area contributed by atoms with Crippen LogP contribution in [-0.4, -0.2) is 24.4 Å². The Morgan fingerprint density at radius 1 is 1.33 bits per heavy atom. The third kappa shape index (κ3) is 4.64. The Hall–Kier alpha value is 0.100. The first kappa shape index (κ1) is 13.2. The van der Waals surface area contributed by atoms with Crippen molar-refractivity contribution >= 4 is 11.8 Å². The first-order valence-electron chi connectivity index (χ1n) is 5.39. The predicted octanol–water partition coefficient (Wildman–Crippen LogP) is 3.41. The van der Waals surface area contributed by atoms with E-state index < -0.39 is 5.51 Å². The number of halogens is 3. The number of thioether (sulfide) groups is 1. The van der Waals surface area contributed by atoms with Gasteiger partial charge in [0.1, 0.15) is 0 Å². The molecule has 1 fully saturated rings. The lowest BCUT2D eigenvalue weighted by atomic mass is 9.67. The normalized spacial score (nSPS) is 20.0. The molecule has 0 aromatic rings. The smallest absolute Gasteiger partial charge is 0.315 e. The fourth-order valence-electron chi connectivity index (χ4n) is 1.92. The van der Waals surface area contributed by atoms with Crippen LogP contribution in [0.4, 0.5) is 13.2 Å². The van der Waals surface area contributed by atoms with Crippen molar-refractivity contribution in [2.75, 3.05) is 18.8 Å². The van der Waals surface area contributed by atoms with Crippen LogP contribution in [0.2, 0.25) is 0 Å². The number of hydrogen-bond acceptors (Lipinski definition) is 2. The molecule has 0 amide bonds. The summed E-state index contributed by atoms with van der Waals surface area (Å²) in [6, 6.07) is 0. The minimum absolute atomic E-state index is 0.0549. The third-order valence-electron chi connectivity index (χ3n) is 3.21. The maximum atomic E-state index is 11.8. The summed E-state index contributed by atoms with van der Waals surface area (Å²) in [7, 11) is 0. The molecule has 0 radical (unpaired) electrons. The zero-order chi connectivity index (χ0) is 11.4. The maximum Gasteiger partial charge on any atom is 0.441 e. The molecule has 1 nitrogen and oxygen atoms in total. The van der Waals surface area contributed by atoms with Crippen molar-refractivity contribution in [1.82, 2.24) is 5.32 Å². The van der Waals surface area contributed by atoms with E-state index in [0.717, 1.165) is 13.0 Å². The Balaban J connectivity index is 2.02. The minimum atomic E-state index is -4.08. The van der Waals surface area contributed by atoms with Crippen LogP contribution < -0.4 is 5.32 Å². The summed E-state index contributed by atoms with van der Waals surface area (Å²) >= 11 is 0.0549. The monoisotopic (exact) mass is 241 g/mol. The first-order chi connectivity index (χ1) is 6.97. The molecule has 1 rings (SSSR count). The van der Waals surface area contributed by atoms with Gasteiger partial charge >= 0.3 is 5.51 Å². The molecule has 0 spiro atoms. The van der Waals surface area contributed by atoms with Gasteiger partial charge in [-0.15, -0.1) is 0 Å². The van der Waals surface area contributed by atoms with Gasteiger partial charge in [-0.05, 0) is 36.4 Å². The largest absolute Gasteiger partial charge is 0.441 e. The highest BCUT2D eigenvalue weighted by molar-refractivity contribution is 8.00. The number of rotatable bonds is 6. The Kier molecular flexibility index (Phi) is 4.77. The van der Waals surface area contributed by atoms with Gasteiger partial charge in [0.15, 0.2) is 0 Å². The fraction of sp³-hybridized carbons (Fsp3) is 1.00. The van der Waals surface area contributed by atoms with E-state index in [1.165, 1.54) is 19.3 Å². The second-order valence-corrected chi connectivity index (χ2v) is 5.34. The Bertz CT molecular complexity index is 184. The van der Waals surface area contributed by atoms with E-state index in [2.05, 4.69) is 12.2 Å². The fourth-order valence-corrected chi connectivity index (χ4v) is 2.40. The molecule has 0 aromatic carbocycles. The van der Waals surface area contributed by atoms with E-state index in [1.807, 2.05) is 0 Å². The summed E-state index contributed by atoms with van der Waals surface area (Å²) in [5, 5.41) is 3.13. The molecule has 0 aromatic heterocycles. The molecule has 1 N–H and O–H groups in total. The topological polar surface area (TPSA) is 12.0 Å². The van der Waals surface area contributed by atoms with Gasteiger partial charge in [0.2, 0.25) is 0 Å². The Labute approximate surface area is 93.2 Å². The molecule has 1 aliphatic rings. The maximum absolute atomic E-state index is 11.8. The molecule has 90 valence electrons. The standard InChI is InChI=1S/C10H18F3NS/c1-2-9(4-3-5-9)8-14-6-7-15-10(11,12)13/h14H,2-8H2,1H3. The highest BCUT2D eigenvalue weighted by Gasteiger charge is 2.34. The van der Waals surface area contributed by atoms with Gasteiger partial charge in [0, 0.05) is 18.8 Å². The Morgan fingerprint density at radius 2 is 2.00 bits per heavy atom. The van der Waals surface area contributed by atoms with E-state index in [9.17, 15) is 13.2 Å². The van der Waals surface area contributed by atoms with Gasteiger partial charge in [-0.25, -0.2) is 0 Å². The van der Waals surface area contributed by atoms with Crippen molar-refractivity contribution in [3.8, 4) is 0 Å². The van der Waals surface area contributed by atoms with Crippen molar-refractivity contribution in [3.63, 3.8) is 0 Å². The van der Waals surface area contributed by atoms with Crippen molar-refractivity contribution < 1.29 is 13.2 Å². The molecule has 5 heteroatoms. The van der Waals surface area contributed by atoms with Crippen LogP contribution in [-0.2, 0) is 0 Å². The van der Waals surface area contributed by atoms with Crippen molar-refractivity contribution in [3.05, 3.63) is 0 Å². The summed E-state index contributed by atoms with van der Waals surface area (Å²) in [5.74, 6) is 0.114. The zero-order valence-electron chi connectivity index (χ0n) is 8.99. The van der Waals surface area contributed by atoms with Crippen molar-refractivity contribution in [2.45, 2.75) is 38.1 Å². The van der Waals surface area contributed by atoms with Crippen molar-refractivity contribution in [2.24, 2.45) is 5.41 Å². The first-order valence-corrected chi connectivity index (χ1v) is 6.37. The summed E-state index contributed by atoms with van der Waals surface area (Å²) in [4.78, 5) is 0. The van der Waals surface area contributed by atoms with Crippen molar-refractivity contribution in [1.29, 1.82) is 0 Å². The van der Waals surface area contributed by atoms with Gasteiger partial charge in [-0.1, -0.05) is 13.3 Å². The zero-order valence-corrected chi connectivity index (χ0v) is 9.81. The summed E-state index contributed by atoms with van der Waals surface area (Å²) < 4.78 is 35.4. The third-order valence-corrected chi connectivity index (χ3v) is 3.94. The van der Waals surface area contributed by atoms with Crippen LogP contribution in [0, 0.1) is 5.41 Å². The van der Waals surface area contributed by atoms with Gasteiger partial charge in [-0.3, -0.25) is 0 Å². The molecule has 0 heterocycles. The van der Waals surface area contributed by atoms with E-state index in [0.29, 0.717) is 12.0 Å². The van der Waals surface area contributed by atoms with Crippen LogP contribution in [0.25, 0.3) is 0 Å². The van der Waals surface area contributed by atoms with Crippen LogP contribution in [0.3, 0.4) is 0 Å². The lowest BCUT2D eigenvalue weighted by Crippen LogP contribution is -2.40. The molecule has 1 saturated carbocycles. The number of alkyl halides is 3. The average Bonchev–Trinajstić information content (AvgIpc) is 2.06. The van der Waals surface area contributed by atoms with E-state index in [1.54, 1.807) is 0 Å². The molecule has 0 saturated heterocycles. The van der Waals surface area contributed by atoms with Gasteiger partial charge in [0.25, 0.3) is 0 Å². The molecular weight excluding hydrogens is 223 g/mol. The second kappa shape index (κ2) is 5.43. The van der Waals surface area contributed by atoms with E-state index >= 15 is 0 Å². The van der Waals surface area contributed by atoms with Crippen LogP contribution >= 0.6 is 11.8 Å². The molecule has 1 aliphatic carbocycles. The number of nitrogens with one attached hydrogen (secondary N) is 1. The number of hydrogen-bond donors (Lipinski definition) is 1. The van der Waals surface area contributed by atoms with Gasteiger partial charge in [0.05, 0.1) is 0 Å².